The first-order valence-corrected chi connectivity index (χ1v) is 6.85. The smallest absolute Gasteiger partial charge is 0.328 e. The Morgan fingerprint density at radius 3 is 2.06 bits per heavy atom. The van der Waals surface area contributed by atoms with Crippen LogP contribution >= 0.6 is 15.9 Å². The van der Waals surface area contributed by atoms with E-state index in [1.807, 2.05) is 13.8 Å². The van der Waals surface area contributed by atoms with Gasteiger partial charge in [-0.15, -0.1) is 0 Å². The first-order valence-electron chi connectivity index (χ1n) is 5.72. The number of barbiturate groups is 1. The molecule has 1 aliphatic rings. The Morgan fingerprint density at radius 2 is 1.67 bits per heavy atom. The molecule has 7 heteroatoms. The van der Waals surface area contributed by atoms with Gasteiger partial charge in [0.25, 0.3) is 0 Å². The Kier molecular flexibility index (Phi) is 4.86. The lowest BCUT2D eigenvalue weighted by Gasteiger charge is -2.36. The number of imide groups is 2. The van der Waals surface area contributed by atoms with E-state index in [1.165, 1.54) is 0 Å². The van der Waals surface area contributed by atoms with E-state index >= 15 is 0 Å². The van der Waals surface area contributed by atoms with Crippen LogP contribution in [-0.4, -0.2) is 34.4 Å². The Bertz CT molecular complexity index is 350. The monoisotopic (exact) mass is 320 g/mol. The summed E-state index contributed by atoms with van der Waals surface area (Å²) >= 11 is 3.10. The predicted octanol–water partition coefficient (Wildman–Crippen LogP) is 0.531. The lowest BCUT2D eigenvalue weighted by atomic mass is 9.73. The van der Waals surface area contributed by atoms with Gasteiger partial charge in [0.15, 0.2) is 0 Å². The van der Waals surface area contributed by atoms with Crippen molar-refractivity contribution in [2.45, 2.75) is 32.8 Å². The van der Waals surface area contributed by atoms with Crippen molar-refractivity contribution < 1.29 is 19.5 Å². The van der Waals surface area contributed by atoms with Crippen LogP contribution in [0.5, 0.6) is 0 Å². The number of nitrogens with one attached hydrogen (secondary N) is 2. The second kappa shape index (κ2) is 5.79. The van der Waals surface area contributed by atoms with Crippen LogP contribution in [0.4, 0.5) is 4.79 Å². The van der Waals surface area contributed by atoms with E-state index in [1.54, 1.807) is 0 Å². The van der Waals surface area contributed by atoms with Crippen molar-refractivity contribution in [3.05, 3.63) is 0 Å². The molecule has 0 saturated carbocycles. The van der Waals surface area contributed by atoms with Crippen LogP contribution in [-0.2, 0) is 9.59 Å². The summed E-state index contributed by atoms with van der Waals surface area (Å²) in [6.07, 6.45) is -0.558. The summed E-state index contributed by atoms with van der Waals surface area (Å²) in [6.45, 7) is 3.75. The number of hydrogen-bond donors (Lipinski definition) is 3. The third kappa shape index (κ3) is 3.08. The molecule has 0 aromatic carbocycles. The summed E-state index contributed by atoms with van der Waals surface area (Å²) in [5, 5.41) is 14.2. The minimum absolute atomic E-state index is 0.0125. The van der Waals surface area contributed by atoms with Crippen molar-refractivity contribution in [2.24, 2.45) is 11.3 Å². The normalized spacial score (nSPS) is 20.6. The molecule has 18 heavy (non-hydrogen) atoms. The average molecular weight is 321 g/mol. The van der Waals surface area contributed by atoms with Crippen molar-refractivity contribution in [1.29, 1.82) is 0 Å². The molecule has 0 bridgehead atoms. The summed E-state index contributed by atoms with van der Waals surface area (Å²) in [5.74, 6) is -1.19. The van der Waals surface area contributed by atoms with E-state index < -0.39 is 29.4 Å². The minimum Gasteiger partial charge on any atom is -0.392 e. The zero-order chi connectivity index (χ0) is 13.9. The highest BCUT2D eigenvalue weighted by Crippen LogP contribution is 2.34. The van der Waals surface area contributed by atoms with E-state index in [2.05, 4.69) is 26.6 Å². The fourth-order valence-electron chi connectivity index (χ4n) is 2.19. The van der Waals surface area contributed by atoms with Gasteiger partial charge in [0.05, 0.1) is 6.10 Å². The zero-order valence-electron chi connectivity index (χ0n) is 10.3. The van der Waals surface area contributed by atoms with Gasteiger partial charge < -0.3 is 5.11 Å². The second-order valence-corrected chi connectivity index (χ2v) is 5.58. The largest absolute Gasteiger partial charge is 0.392 e. The van der Waals surface area contributed by atoms with Gasteiger partial charge in [0.1, 0.15) is 5.41 Å². The molecule has 3 N–H and O–H groups in total. The number of amides is 4. The van der Waals surface area contributed by atoms with Crippen LogP contribution in [0.3, 0.4) is 0 Å². The molecule has 1 rings (SSSR count). The Morgan fingerprint density at radius 1 is 1.17 bits per heavy atom. The van der Waals surface area contributed by atoms with Crippen molar-refractivity contribution in [1.82, 2.24) is 10.6 Å². The molecule has 1 saturated heterocycles. The maximum absolute atomic E-state index is 12.0. The summed E-state index contributed by atoms with van der Waals surface area (Å²) in [7, 11) is 0. The number of halogens is 1. The zero-order valence-corrected chi connectivity index (χ0v) is 11.9. The summed E-state index contributed by atoms with van der Waals surface area (Å²) in [4.78, 5) is 35.1. The van der Waals surface area contributed by atoms with Gasteiger partial charge in [0, 0.05) is 5.33 Å². The van der Waals surface area contributed by atoms with Gasteiger partial charge in [-0.2, -0.15) is 0 Å². The maximum atomic E-state index is 12.0. The van der Waals surface area contributed by atoms with Gasteiger partial charge in [-0.3, -0.25) is 20.2 Å². The highest BCUT2D eigenvalue weighted by atomic mass is 79.9. The molecular weight excluding hydrogens is 304 g/mol. The molecule has 0 aliphatic carbocycles. The Labute approximate surface area is 114 Å². The molecule has 6 nitrogen and oxygen atoms in total. The van der Waals surface area contributed by atoms with Crippen molar-refractivity contribution in [3.8, 4) is 0 Å². The fraction of sp³-hybridized carbons (Fsp3) is 0.727. The molecule has 1 heterocycles. The van der Waals surface area contributed by atoms with Gasteiger partial charge in [-0.1, -0.05) is 29.8 Å². The highest BCUT2D eigenvalue weighted by molar-refractivity contribution is 9.09. The van der Waals surface area contributed by atoms with Crippen LogP contribution in [0.1, 0.15) is 26.7 Å². The number of urea groups is 1. The molecule has 1 fully saturated rings. The van der Waals surface area contributed by atoms with E-state index in [0.29, 0.717) is 0 Å². The maximum Gasteiger partial charge on any atom is 0.328 e. The molecule has 102 valence electrons. The van der Waals surface area contributed by atoms with Crippen LogP contribution in [0, 0.1) is 11.3 Å². The van der Waals surface area contributed by atoms with E-state index in [4.69, 9.17) is 0 Å². The first-order chi connectivity index (χ1) is 8.31. The predicted molar refractivity (Wildman–Crippen MR) is 68.0 cm³/mol. The molecule has 4 amide bonds. The van der Waals surface area contributed by atoms with E-state index in [9.17, 15) is 19.5 Å². The van der Waals surface area contributed by atoms with Crippen molar-refractivity contribution in [3.63, 3.8) is 0 Å². The van der Waals surface area contributed by atoms with Crippen LogP contribution in [0.15, 0.2) is 0 Å². The first kappa shape index (κ1) is 15.1. The SMILES string of the molecule is CC(C)CC1(CC(O)CBr)C(=O)NC(=O)NC1=O. The molecule has 1 aliphatic heterocycles. The molecule has 0 aromatic rings. The lowest BCUT2D eigenvalue weighted by Crippen LogP contribution is -2.63. The number of alkyl halides is 1. The standard InChI is InChI=1S/C11H17BrN2O4/c1-6(2)3-11(4-7(15)5-12)8(16)13-10(18)14-9(11)17/h6-7,15H,3-5H2,1-2H3,(H2,13,14,16,17,18). The highest BCUT2D eigenvalue weighted by Gasteiger charge is 2.51. The van der Waals surface area contributed by atoms with Crippen LogP contribution < -0.4 is 10.6 Å². The number of carbonyl (C=O) groups excluding carboxylic acids is 3. The average Bonchev–Trinajstić information content (AvgIpc) is 2.24. The van der Waals surface area contributed by atoms with E-state index in [-0.39, 0.29) is 24.1 Å². The van der Waals surface area contributed by atoms with Gasteiger partial charge in [-0.05, 0) is 18.8 Å². The number of rotatable bonds is 5. The van der Waals surface area contributed by atoms with Crippen molar-refractivity contribution in [2.75, 3.05) is 5.33 Å². The van der Waals surface area contributed by atoms with Gasteiger partial charge in [0.2, 0.25) is 11.8 Å². The summed E-state index contributed by atoms with van der Waals surface area (Å²) in [6, 6.07) is -0.808. The Hall–Kier alpha value is -0.950. The number of carbonyl (C=O) groups is 3. The fourth-order valence-corrected chi connectivity index (χ4v) is 2.42. The number of hydrogen-bond acceptors (Lipinski definition) is 4. The van der Waals surface area contributed by atoms with Crippen LogP contribution in [0.25, 0.3) is 0 Å². The molecule has 0 spiro atoms. The third-order valence-corrected chi connectivity index (χ3v) is 3.59. The summed E-state index contributed by atoms with van der Waals surface area (Å²) in [5.41, 5.74) is -1.38. The lowest BCUT2D eigenvalue weighted by molar-refractivity contribution is -0.147. The second-order valence-electron chi connectivity index (χ2n) is 4.93. The van der Waals surface area contributed by atoms with Crippen molar-refractivity contribution >= 4 is 33.8 Å². The molecule has 1 atom stereocenters. The quantitative estimate of drug-likeness (QED) is 0.508. The van der Waals surface area contributed by atoms with Crippen LogP contribution in [0.2, 0.25) is 0 Å². The molecule has 0 radical (unpaired) electrons. The Balaban J connectivity index is 3.05. The number of aliphatic hydroxyl groups is 1. The topological polar surface area (TPSA) is 95.5 Å². The molecule has 1 unspecified atom stereocenters. The van der Waals surface area contributed by atoms with Gasteiger partial charge >= 0.3 is 6.03 Å². The van der Waals surface area contributed by atoms with Gasteiger partial charge in [-0.25, -0.2) is 4.79 Å². The van der Waals surface area contributed by atoms with E-state index in [0.717, 1.165) is 0 Å². The molecule has 0 aromatic heterocycles. The summed E-state index contributed by atoms with van der Waals surface area (Å²) < 4.78 is 0. The number of aliphatic hydroxyl groups excluding tert-OH is 1. The third-order valence-electron chi connectivity index (χ3n) is 2.84. The molecular formula is C11H17BrN2O4. The minimum atomic E-state index is -1.38.